The van der Waals surface area contributed by atoms with Crippen LogP contribution in [-0.2, 0) is 10.6 Å². The summed E-state index contributed by atoms with van der Waals surface area (Å²) in [6, 6.07) is 5.20. The van der Waals surface area contributed by atoms with Gasteiger partial charge in [-0.05, 0) is 28.1 Å². The van der Waals surface area contributed by atoms with Gasteiger partial charge in [-0.25, -0.2) is 4.79 Å². The molecule has 1 rings (SSSR count). The summed E-state index contributed by atoms with van der Waals surface area (Å²) in [4.78, 5) is 11.4. The predicted molar refractivity (Wildman–Crippen MR) is 59.8 cm³/mol. The maximum Gasteiger partial charge on any atom is 0.338 e. The summed E-state index contributed by atoms with van der Waals surface area (Å²) in [6.45, 7) is 0. The Morgan fingerprint density at radius 3 is 2.80 bits per heavy atom. The minimum atomic E-state index is -0.491. The molecule has 0 atom stereocenters. The van der Waals surface area contributed by atoms with Crippen LogP contribution in [0.5, 0.6) is 0 Å². The topological polar surface area (TPSA) is 50.1 Å². The van der Waals surface area contributed by atoms with Gasteiger partial charge in [-0.3, -0.25) is 0 Å². The highest BCUT2D eigenvalue weighted by Gasteiger charge is 2.16. The smallest absolute Gasteiger partial charge is 0.338 e. The predicted octanol–water partition coefficient (Wildman–Crippen LogP) is 2.85. The molecule has 3 nitrogen and oxygen atoms in total. The quantitative estimate of drug-likeness (QED) is 0.621. The van der Waals surface area contributed by atoms with Gasteiger partial charge in [0.05, 0.1) is 18.2 Å². The van der Waals surface area contributed by atoms with Gasteiger partial charge in [0.25, 0.3) is 0 Å². The highest BCUT2D eigenvalue weighted by atomic mass is 79.9. The molecule has 0 aromatic heterocycles. The summed E-state index contributed by atoms with van der Waals surface area (Å²) in [7, 11) is 1.29. The van der Waals surface area contributed by atoms with Gasteiger partial charge >= 0.3 is 5.97 Å². The molecule has 15 heavy (non-hydrogen) atoms. The maximum absolute atomic E-state index is 11.4. The molecule has 0 radical (unpaired) electrons. The Morgan fingerprint density at radius 2 is 2.33 bits per heavy atom. The fourth-order valence-corrected chi connectivity index (χ4v) is 1.92. The summed E-state index contributed by atoms with van der Waals surface area (Å²) >= 11 is 8.93. The van der Waals surface area contributed by atoms with Gasteiger partial charge in [0.1, 0.15) is 6.07 Å². The fourth-order valence-electron chi connectivity index (χ4n) is 1.18. The molecule has 0 aliphatic rings. The van der Waals surface area contributed by atoms with Crippen molar-refractivity contribution in [3.05, 3.63) is 33.3 Å². The van der Waals surface area contributed by atoms with Crippen LogP contribution in [0.25, 0.3) is 0 Å². The molecule has 0 aliphatic heterocycles. The van der Waals surface area contributed by atoms with Crippen molar-refractivity contribution in [1.82, 2.24) is 0 Å². The third-order valence-corrected chi connectivity index (χ3v) is 2.84. The first-order valence-electron chi connectivity index (χ1n) is 4.01. The zero-order valence-electron chi connectivity index (χ0n) is 7.88. The van der Waals surface area contributed by atoms with Crippen LogP contribution in [0.3, 0.4) is 0 Å². The lowest BCUT2D eigenvalue weighted by Gasteiger charge is -2.08. The molecule has 0 N–H and O–H groups in total. The first-order valence-corrected chi connectivity index (χ1v) is 5.34. The Morgan fingerprint density at radius 1 is 1.67 bits per heavy atom. The van der Waals surface area contributed by atoms with Crippen molar-refractivity contribution in [2.75, 3.05) is 7.11 Å². The van der Waals surface area contributed by atoms with Crippen LogP contribution in [0.2, 0.25) is 0 Å². The lowest BCUT2D eigenvalue weighted by molar-refractivity contribution is 0.0599. The van der Waals surface area contributed by atoms with Crippen LogP contribution in [0, 0.1) is 11.3 Å². The summed E-state index contributed by atoms with van der Waals surface area (Å²) in [5.74, 6) is -0.401. The summed E-state index contributed by atoms with van der Waals surface area (Å²) in [5, 5.41) is 8.92. The molecule has 1 aromatic carbocycles. The number of esters is 1. The molecule has 1 aromatic rings. The van der Waals surface area contributed by atoms with Gasteiger partial charge in [0.15, 0.2) is 0 Å². The number of benzene rings is 1. The molecule has 78 valence electrons. The first kappa shape index (κ1) is 12.0. The summed E-state index contributed by atoms with van der Waals surface area (Å²) in [6.07, 6.45) is 0. The highest BCUT2D eigenvalue weighted by molar-refractivity contribution is 9.10. The third-order valence-electron chi connectivity index (χ3n) is 1.91. The largest absolute Gasteiger partial charge is 0.465 e. The lowest BCUT2D eigenvalue weighted by atomic mass is 10.0. The van der Waals surface area contributed by atoms with Crippen molar-refractivity contribution >= 4 is 33.5 Å². The van der Waals surface area contributed by atoms with Gasteiger partial charge in [-0.2, -0.15) is 5.26 Å². The normalized spacial score (nSPS) is 9.47. The number of rotatable bonds is 2. The van der Waals surface area contributed by atoms with Gasteiger partial charge in [-0.15, -0.1) is 11.6 Å². The van der Waals surface area contributed by atoms with Crippen molar-refractivity contribution in [3.8, 4) is 6.07 Å². The second-order valence-electron chi connectivity index (χ2n) is 2.69. The molecule has 0 saturated heterocycles. The van der Waals surface area contributed by atoms with Gasteiger partial charge in [0, 0.05) is 15.9 Å². The number of ether oxygens (including phenoxy) is 1. The molecular formula is C10H7BrClNO2. The van der Waals surface area contributed by atoms with E-state index in [-0.39, 0.29) is 5.88 Å². The highest BCUT2D eigenvalue weighted by Crippen LogP contribution is 2.25. The Balaban J connectivity index is 3.43. The van der Waals surface area contributed by atoms with Crippen LogP contribution >= 0.6 is 27.5 Å². The van der Waals surface area contributed by atoms with E-state index in [1.54, 1.807) is 12.1 Å². The number of carbonyl (C=O) groups excluding carboxylic acids is 1. The average molecular weight is 289 g/mol. The lowest BCUT2D eigenvalue weighted by Crippen LogP contribution is -2.06. The summed E-state index contributed by atoms with van der Waals surface area (Å²) < 4.78 is 5.21. The molecule has 5 heteroatoms. The Hall–Kier alpha value is -1.05. The number of carbonyl (C=O) groups is 1. The van der Waals surface area contributed by atoms with E-state index in [2.05, 4.69) is 20.7 Å². The van der Waals surface area contributed by atoms with Crippen molar-refractivity contribution in [3.63, 3.8) is 0 Å². The van der Waals surface area contributed by atoms with E-state index in [1.165, 1.54) is 7.11 Å². The minimum absolute atomic E-state index is 0.0900. The van der Waals surface area contributed by atoms with Crippen LogP contribution < -0.4 is 0 Å². The second-order valence-corrected chi connectivity index (χ2v) is 3.81. The number of halogens is 2. The van der Waals surface area contributed by atoms with Gasteiger partial charge in [0.2, 0.25) is 0 Å². The standard InChI is InChI=1S/C10H7BrClNO2/c1-15-10(14)6-2-3-9(11)8(5-13)7(6)4-12/h2-3H,4H2,1H3. The van der Waals surface area contributed by atoms with E-state index in [0.717, 1.165) is 0 Å². The van der Waals surface area contributed by atoms with Crippen LogP contribution in [0.15, 0.2) is 16.6 Å². The molecule has 0 spiro atoms. The first-order chi connectivity index (χ1) is 7.15. The monoisotopic (exact) mass is 287 g/mol. The summed E-state index contributed by atoms with van der Waals surface area (Å²) in [5.41, 5.74) is 1.18. The number of alkyl halides is 1. The molecule has 0 aliphatic carbocycles. The van der Waals surface area contributed by atoms with E-state index in [0.29, 0.717) is 21.2 Å². The Kier molecular flexibility index (Phi) is 4.13. The number of nitrogens with zero attached hydrogens (tertiary/aromatic N) is 1. The SMILES string of the molecule is COC(=O)c1ccc(Br)c(C#N)c1CCl. The number of methoxy groups -OCH3 is 1. The minimum Gasteiger partial charge on any atom is -0.465 e. The van der Waals surface area contributed by atoms with E-state index >= 15 is 0 Å². The molecule has 0 saturated carbocycles. The average Bonchev–Trinajstić information content (AvgIpc) is 2.27. The third kappa shape index (κ3) is 2.31. The molecule has 0 heterocycles. The zero-order chi connectivity index (χ0) is 11.4. The van der Waals surface area contributed by atoms with Crippen molar-refractivity contribution in [2.24, 2.45) is 0 Å². The fraction of sp³-hybridized carbons (Fsp3) is 0.200. The molecule has 0 unspecified atom stereocenters. The molecule has 0 amide bonds. The van der Waals surface area contributed by atoms with Crippen molar-refractivity contribution < 1.29 is 9.53 Å². The van der Waals surface area contributed by atoms with Crippen molar-refractivity contribution in [1.29, 1.82) is 5.26 Å². The van der Waals surface area contributed by atoms with Crippen LogP contribution in [-0.4, -0.2) is 13.1 Å². The molecule has 0 bridgehead atoms. The Labute approximate surface area is 101 Å². The molecular weight excluding hydrogens is 281 g/mol. The Bertz CT molecular complexity index is 440. The zero-order valence-corrected chi connectivity index (χ0v) is 10.2. The number of nitriles is 1. The van der Waals surface area contributed by atoms with Crippen LogP contribution in [0.4, 0.5) is 0 Å². The van der Waals surface area contributed by atoms with Gasteiger partial charge in [-0.1, -0.05) is 0 Å². The molecule has 0 fully saturated rings. The van der Waals surface area contributed by atoms with E-state index in [1.807, 2.05) is 6.07 Å². The van der Waals surface area contributed by atoms with E-state index in [9.17, 15) is 4.79 Å². The maximum atomic E-state index is 11.4. The van der Waals surface area contributed by atoms with E-state index in [4.69, 9.17) is 16.9 Å². The van der Waals surface area contributed by atoms with E-state index < -0.39 is 5.97 Å². The van der Waals surface area contributed by atoms with Crippen LogP contribution in [0.1, 0.15) is 21.5 Å². The van der Waals surface area contributed by atoms with Gasteiger partial charge < -0.3 is 4.74 Å². The second kappa shape index (κ2) is 5.15. The number of hydrogen-bond donors (Lipinski definition) is 0. The van der Waals surface area contributed by atoms with Crippen molar-refractivity contribution in [2.45, 2.75) is 5.88 Å². The number of hydrogen-bond acceptors (Lipinski definition) is 3.